The third kappa shape index (κ3) is 3.69. The van der Waals surface area contributed by atoms with E-state index in [1.807, 2.05) is 30.3 Å². The molecule has 1 amide bonds. The normalized spacial score (nSPS) is 14.5. The van der Waals surface area contributed by atoms with Crippen LogP contribution < -0.4 is 5.06 Å². The minimum Gasteiger partial charge on any atom is -0.624 e. The lowest BCUT2D eigenvalue weighted by atomic mass is 10.1. The number of carboxylic acid groups (broad SMARTS) is 1. The van der Waals surface area contributed by atoms with Crippen molar-refractivity contribution in [3.8, 4) is 0 Å². The molecular weight excluding hydrogens is 194 g/mol. The topological polar surface area (TPSA) is 64.8 Å². The Labute approximate surface area is 88.7 Å². The standard InChI is InChI=1S/C11H15NO3/c1-9(12(15)11(13)14)7-8-10-5-3-2-4-6-10/h2-6,9,12H,7-8H2,1H3,(H,13,14). The highest BCUT2D eigenvalue weighted by Crippen LogP contribution is 2.03. The maximum absolute atomic E-state index is 11.1. The maximum atomic E-state index is 11.1. The lowest BCUT2D eigenvalue weighted by molar-refractivity contribution is -0.796. The van der Waals surface area contributed by atoms with E-state index in [0.29, 0.717) is 6.42 Å². The molecule has 0 aliphatic carbocycles. The number of aryl methyl sites for hydroxylation is 1. The Balaban J connectivity index is 2.41. The Morgan fingerprint density at radius 3 is 2.60 bits per heavy atom. The van der Waals surface area contributed by atoms with E-state index in [0.717, 1.165) is 12.0 Å². The smallest absolute Gasteiger partial charge is 0.512 e. The lowest BCUT2D eigenvalue weighted by Crippen LogP contribution is -3.13. The van der Waals surface area contributed by atoms with Crippen LogP contribution in [0.5, 0.6) is 0 Å². The van der Waals surface area contributed by atoms with Crippen molar-refractivity contribution in [1.29, 1.82) is 0 Å². The van der Waals surface area contributed by atoms with Crippen LogP contribution in [-0.4, -0.2) is 17.2 Å². The molecule has 0 spiro atoms. The first kappa shape index (κ1) is 11.7. The predicted octanol–water partition coefficient (Wildman–Crippen LogP) is 1.07. The number of hydrogen-bond acceptors (Lipinski definition) is 2. The number of rotatable bonds is 4. The van der Waals surface area contributed by atoms with E-state index in [2.05, 4.69) is 0 Å². The van der Waals surface area contributed by atoms with Gasteiger partial charge in [-0.05, 0) is 18.9 Å². The quantitative estimate of drug-likeness (QED) is 0.729. The summed E-state index contributed by atoms with van der Waals surface area (Å²) in [5, 5.41) is 18.9. The van der Waals surface area contributed by atoms with E-state index in [4.69, 9.17) is 5.11 Å². The molecule has 2 unspecified atom stereocenters. The Morgan fingerprint density at radius 2 is 2.07 bits per heavy atom. The van der Waals surface area contributed by atoms with Crippen LogP contribution in [0, 0.1) is 5.21 Å². The van der Waals surface area contributed by atoms with Gasteiger partial charge in [0.15, 0.2) is 0 Å². The number of benzene rings is 1. The number of carbonyl (C=O) groups is 1. The van der Waals surface area contributed by atoms with Crippen molar-refractivity contribution >= 4 is 6.09 Å². The van der Waals surface area contributed by atoms with Crippen molar-refractivity contribution in [2.75, 3.05) is 0 Å². The van der Waals surface area contributed by atoms with E-state index in [9.17, 15) is 10.0 Å². The average molecular weight is 209 g/mol. The molecule has 0 bridgehead atoms. The van der Waals surface area contributed by atoms with Gasteiger partial charge in [-0.3, -0.25) is 5.06 Å². The Hall–Kier alpha value is -1.39. The number of hydrogen-bond donors (Lipinski definition) is 2. The van der Waals surface area contributed by atoms with Gasteiger partial charge in [0.05, 0.1) is 6.04 Å². The number of hydroxylamine groups is 2. The van der Waals surface area contributed by atoms with Gasteiger partial charge in [0.25, 0.3) is 0 Å². The molecule has 0 fully saturated rings. The zero-order valence-corrected chi connectivity index (χ0v) is 8.64. The zero-order chi connectivity index (χ0) is 11.3. The van der Waals surface area contributed by atoms with Crippen LogP contribution >= 0.6 is 0 Å². The Bertz CT molecular complexity index is 313. The summed E-state index contributed by atoms with van der Waals surface area (Å²) in [4.78, 5) is 10.4. The zero-order valence-electron chi connectivity index (χ0n) is 8.64. The van der Waals surface area contributed by atoms with E-state index >= 15 is 0 Å². The van der Waals surface area contributed by atoms with Crippen LogP contribution in [0.25, 0.3) is 0 Å². The summed E-state index contributed by atoms with van der Waals surface area (Å²) in [6, 6.07) is 9.31. The van der Waals surface area contributed by atoms with Crippen molar-refractivity contribution in [3.63, 3.8) is 0 Å². The van der Waals surface area contributed by atoms with E-state index in [-0.39, 0.29) is 0 Å². The molecule has 1 aromatic carbocycles. The van der Waals surface area contributed by atoms with Gasteiger partial charge in [0.1, 0.15) is 0 Å². The summed E-state index contributed by atoms with van der Waals surface area (Å²) in [5.41, 5.74) is 1.13. The summed E-state index contributed by atoms with van der Waals surface area (Å²) in [6.07, 6.45) is -0.0218. The molecule has 15 heavy (non-hydrogen) atoms. The van der Waals surface area contributed by atoms with Crippen molar-refractivity contribution in [2.45, 2.75) is 25.8 Å². The summed E-state index contributed by atoms with van der Waals surface area (Å²) < 4.78 is 0. The van der Waals surface area contributed by atoms with Gasteiger partial charge in [0, 0.05) is 6.42 Å². The highest BCUT2D eigenvalue weighted by Gasteiger charge is 2.16. The summed E-state index contributed by atoms with van der Waals surface area (Å²) in [5.74, 6) is 0. The van der Waals surface area contributed by atoms with Crippen LogP contribution in [0.1, 0.15) is 18.9 Å². The van der Waals surface area contributed by atoms with Crippen LogP contribution in [0.4, 0.5) is 4.79 Å². The van der Waals surface area contributed by atoms with Crippen molar-refractivity contribution < 1.29 is 15.0 Å². The molecule has 0 heterocycles. The lowest BCUT2D eigenvalue weighted by Gasteiger charge is -2.22. The van der Waals surface area contributed by atoms with Gasteiger partial charge in [-0.15, -0.1) is 0 Å². The molecular formula is C11H15NO3. The molecule has 0 saturated carbocycles. The van der Waals surface area contributed by atoms with Gasteiger partial charge in [-0.1, -0.05) is 30.3 Å². The minimum absolute atomic E-state index is 0.414. The van der Waals surface area contributed by atoms with E-state index < -0.39 is 17.2 Å². The maximum Gasteiger partial charge on any atom is 0.512 e. The summed E-state index contributed by atoms with van der Waals surface area (Å²) in [6.45, 7) is 1.65. The number of nitrogens with one attached hydrogen (secondary N) is 1. The second kappa shape index (κ2) is 5.48. The first-order valence-electron chi connectivity index (χ1n) is 4.92. The Morgan fingerprint density at radius 1 is 1.47 bits per heavy atom. The van der Waals surface area contributed by atoms with Crippen LogP contribution in [0.2, 0.25) is 0 Å². The molecule has 1 rings (SSSR count). The molecule has 0 aromatic heterocycles. The summed E-state index contributed by atoms with van der Waals surface area (Å²) >= 11 is 0. The molecule has 1 aromatic rings. The highest BCUT2D eigenvalue weighted by molar-refractivity contribution is 5.54. The van der Waals surface area contributed by atoms with Crippen molar-refractivity contribution in [1.82, 2.24) is 0 Å². The fourth-order valence-electron chi connectivity index (χ4n) is 1.37. The molecule has 2 N–H and O–H groups in total. The van der Waals surface area contributed by atoms with E-state index in [1.165, 1.54) is 0 Å². The van der Waals surface area contributed by atoms with Crippen molar-refractivity contribution in [3.05, 3.63) is 41.1 Å². The van der Waals surface area contributed by atoms with E-state index in [1.54, 1.807) is 6.92 Å². The number of amides is 1. The largest absolute Gasteiger partial charge is 0.624 e. The monoisotopic (exact) mass is 209 g/mol. The molecule has 0 aliphatic rings. The third-order valence-electron chi connectivity index (χ3n) is 2.37. The average Bonchev–Trinajstić information content (AvgIpc) is 2.26. The van der Waals surface area contributed by atoms with Crippen LogP contribution in [0.15, 0.2) is 30.3 Å². The van der Waals surface area contributed by atoms with Crippen LogP contribution in [-0.2, 0) is 6.42 Å². The van der Waals surface area contributed by atoms with Gasteiger partial charge < -0.3 is 10.3 Å². The first-order chi connectivity index (χ1) is 7.11. The second-order valence-electron chi connectivity index (χ2n) is 3.59. The van der Waals surface area contributed by atoms with Gasteiger partial charge in [-0.25, -0.2) is 0 Å². The molecule has 2 atom stereocenters. The Kier molecular flexibility index (Phi) is 4.27. The first-order valence-corrected chi connectivity index (χ1v) is 4.92. The summed E-state index contributed by atoms with van der Waals surface area (Å²) in [7, 11) is 0. The van der Waals surface area contributed by atoms with Gasteiger partial charge >= 0.3 is 6.09 Å². The number of quaternary nitrogens is 1. The van der Waals surface area contributed by atoms with Crippen molar-refractivity contribution in [2.24, 2.45) is 0 Å². The second-order valence-corrected chi connectivity index (χ2v) is 3.59. The van der Waals surface area contributed by atoms with Crippen LogP contribution in [0.3, 0.4) is 0 Å². The molecule has 4 heteroatoms. The van der Waals surface area contributed by atoms with Gasteiger partial charge in [0.2, 0.25) is 0 Å². The molecule has 0 radical (unpaired) electrons. The minimum atomic E-state index is -1.34. The third-order valence-corrected chi connectivity index (χ3v) is 2.37. The fraction of sp³-hybridized carbons (Fsp3) is 0.364. The predicted molar refractivity (Wildman–Crippen MR) is 56.6 cm³/mol. The molecule has 4 nitrogen and oxygen atoms in total. The highest BCUT2D eigenvalue weighted by atomic mass is 16.6. The molecule has 82 valence electrons. The van der Waals surface area contributed by atoms with Gasteiger partial charge in [-0.2, -0.15) is 4.79 Å². The molecule has 0 aliphatic heterocycles. The SMILES string of the molecule is CC(CCc1ccccc1)[NH+]([O-])C(=O)O. The fourth-order valence-corrected chi connectivity index (χ4v) is 1.37. The molecule has 0 saturated heterocycles.